The van der Waals surface area contributed by atoms with Crippen molar-refractivity contribution in [2.75, 3.05) is 20.3 Å². The van der Waals surface area contributed by atoms with Gasteiger partial charge in [0.25, 0.3) is 5.56 Å². The van der Waals surface area contributed by atoms with Crippen molar-refractivity contribution in [3.05, 3.63) is 68.5 Å². The van der Waals surface area contributed by atoms with Crippen LogP contribution >= 0.6 is 0 Å². The lowest BCUT2D eigenvalue weighted by Gasteiger charge is -2.24. The van der Waals surface area contributed by atoms with E-state index in [1.165, 1.54) is 4.57 Å². The molecule has 32 heavy (non-hydrogen) atoms. The molecule has 3 rings (SSSR count). The zero-order valence-corrected chi connectivity index (χ0v) is 19.5. The second kappa shape index (κ2) is 11.0. The minimum atomic E-state index is -0.638. The Bertz CT molecular complexity index is 984. The predicted octanol–water partition coefficient (Wildman–Crippen LogP) is 2.71. The van der Waals surface area contributed by atoms with Crippen LogP contribution in [0.4, 0.5) is 0 Å². The Hall–Kier alpha value is -2.26. The van der Waals surface area contributed by atoms with Gasteiger partial charge < -0.3 is 18.9 Å². The van der Waals surface area contributed by atoms with Gasteiger partial charge in [-0.1, -0.05) is 51.1 Å². The Morgan fingerprint density at radius 3 is 2.50 bits per heavy atom. The molecule has 2 aromatic rings. The number of rotatable bonds is 10. The van der Waals surface area contributed by atoms with Gasteiger partial charge in [0.05, 0.1) is 25.9 Å². The third-order valence-electron chi connectivity index (χ3n) is 5.84. The summed E-state index contributed by atoms with van der Waals surface area (Å²) >= 11 is 0. The fraction of sp³-hybridized carbons (Fsp3) is 0.583. The van der Waals surface area contributed by atoms with Gasteiger partial charge in [-0.2, -0.15) is 0 Å². The summed E-state index contributed by atoms with van der Waals surface area (Å²) in [6, 6.07) is 9.61. The number of aromatic nitrogens is 2. The summed E-state index contributed by atoms with van der Waals surface area (Å²) in [5.41, 5.74) is 0.555. The average Bonchev–Trinajstić information content (AvgIpc) is 3.10. The lowest BCUT2D eigenvalue weighted by atomic mass is 9.92. The van der Waals surface area contributed by atoms with E-state index in [9.17, 15) is 9.59 Å². The molecule has 0 amide bonds. The molecule has 0 aliphatic carbocycles. The highest BCUT2D eigenvalue weighted by atomic mass is 16.6. The maximum atomic E-state index is 13.3. The Kier molecular flexibility index (Phi) is 8.42. The fourth-order valence-electron chi connectivity index (χ4n) is 4.18. The van der Waals surface area contributed by atoms with Gasteiger partial charge in [-0.15, -0.1) is 0 Å². The minimum absolute atomic E-state index is 0.0683. The van der Waals surface area contributed by atoms with E-state index in [2.05, 4.69) is 20.8 Å². The molecule has 0 unspecified atom stereocenters. The lowest BCUT2D eigenvalue weighted by molar-refractivity contribution is -0.0805. The third-order valence-corrected chi connectivity index (χ3v) is 5.84. The molecule has 0 saturated carbocycles. The topological polar surface area (TPSA) is 80.9 Å². The van der Waals surface area contributed by atoms with Crippen LogP contribution in [-0.4, -0.2) is 41.7 Å². The van der Waals surface area contributed by atoms with E-state index in [0.717, 1.165) is 10.1 Å². The molecule has 1 aromatic heterocycles. The maximum Gasteiger partial charge on any atom is 0.335 e. The number of benzene rings is 1. The molecule has 4 atom stereocenters. The molecular formula is C24H34N2O6. The van der Waals surface area contributed by atoms with Crippen molar-refractivity contribution in [2.24, 2.45) is 11.8 Å². The normalized spacial score (nSPS) is 23.2. The maximum absolute atomic E-state index is 13.3. The van der Waals surface area contributed by atoms with Gasteiger partial charge in [-0.3, -0.25) is 9.36 Å². The summed E-state index contributed by atoms with van der Waals surface area (Å²) in [6.07, 6.45) is 0.507. The zero-order chi connectivity index (χ0) is 23.3. The predicted molar refractivity (Wildman–Crippen MR) is 120 cm³/mol. The van der Waals surface area contributed by atoms with Crippen LogP contribution in [0, 0.1) is 18.8 Å². The van der Waals surface area contributed by atoms with E-state index in [1.54, 1.807) is 20.2 Å². The van der Waals surface area contributed by atoms with Gasteiger partial charge in [0.1, 0.15) is 12.8 Å². The average molecular weight is 447 g/mol. The van der Waals surface area contributed by atoms with Gasteiger partial charge in [-0.05, 0) is 18.4 Å². The molecule has 2 heterocycles. The fourth-order valence-corrected chi connectivity index (χ4v) is 4.18. The van der Waals surface area contributed by atoms with Crippen molar-refractivity contribution < 1.29 is 18.9 Å². The molecular weight excluding hydrogens is 412 g/mol. The number of hydrogen-bond acceptors (Lipinski definition) is 6. The van der Waals surface area contributed by atoms with Crippen LogP contribution in [-0.2, 0) is 32.3 Å². The van der Waals surface area contributed by atoms with Crippen LogP contribution in [0.1, 0.15) is 38.1 Å². The van der Waals surface area contributed by atoms with Gasteiger partial charge in [0.2, 0.25) is 0 Å². The summed E-state index contributed by atoms with van der Waals surface area (Å²) in [4.78, 5) is 26.0. The summed E-state index contributed by atoms with van der Waals surface area (Å²) in [5.74, 6) is 0.319. The Morgan fingerprint density at radius 1 is 1.12 bits per heavy atom. The second-order valence-corrected chi connectivity index (χ2v) is 8.62. The number of ether oxygens (including phenoxy) is 4. The largest absolute Gasteiger partial charge is 0.382 e. The van der Waals surface area contributed by atoms with Crippen LogP contribution in [0.5, 0.6) is 0 Å². The SMILES string of the molecule is COCCO[C@@H]1[C@H](C)[C@@H](C(C)C)O[C@H]1n1cc(C)c(=O)n(COCc2ccccc2)c1=O. The summed E-state index contributed by atoms with van der Waals surface area (Å²) in [6.45, 7) is 8.93. The smallest absolute Gasteiger partial charge is 0.335 e. The van der Waals surface area contributed by atoms with E-state index >= 15 is 0 Å². The van der Waals surface area contributed by atoms with E-state index < -0.39 is 11.9 Å². The molecule has 176 valence electrons. The molecule has 8 heteroatoms. The van der Waals surface area contributed by atoms with Crippen molar-refractivity contribution in [1.82, 2.24) is 9.13 Å². The quantitative estimate of drug-likeness (QED) is 0.522. The summed E-state index contributed by atoms with van der Waals surface area (Å²) in [5, 5.41) is 0. The minimum Gasteiger partial charge on any atom is -0.382 e. The molecule has 1 aromatic carbocycles. The molecule has 1 saturated heterocycles. The van der Waals surface area contributed by atoms with E-state index in [4.69, 9.17) is 18.9 Å². The molecule has 1 aliphatic rings. The number of hydrogen-bond donors (Lipinski definition) is 0. The highest BCUT2D eigenvalue weighted by Crippen LogP contribution is 2.38. The first kappa shape index (κ1) is 24.4. The van der Waals surface area contributed by atoms with Crippen molar-refractivity contribution in [3.63, 3.8) is 0 Å². The van der Waals surface area contributed by atoms with Gasteiger partial charge in [0, 0.05) is 24.8 Å². The van der Waals surface area contributed by atoms with Crippen LogP contribution in [0.3, 0.4) is 0 Å². The van der Waals surface area contributed by atoms with Crippen LogP contribution in [0.15, 0.2) is 46.1 Å². The van der Waals surface area contributed by atoms with Gasteiger partial charge in [0.15, 0.2) is 6.23 Å². The van der Waals surface area contributed by atoms with Gasteiger partial charge in [-0.25, -0.2) is 9.36 Å². The van der Waals surface area contributed by atoms with Crippen molar-refractivity contribution >= 4 is 0 Å². The molecule has 0 spiro atoms. The second-order valence-electron chi connectivity index (χ2n) is 8.62. The van der Waals surface area contributed by atoms with Crippen LogP contribution < -0.4 is 11.2 Å². The number of aryl methyl sites for hydroxylation is 1. The van der Waals surface area contributed by atoms with Gasteiger partial charge >= 0.3 is 5.69 Å². The standard InChI is InChI=1S/C24H34N2O6/c1-16(2)20-18(4)21(31-12-11-29-5)23(32-20)25-13-17(3)22(27)26(24(25)28)15-30-14-19-9-7-6-8-10-19/h6-10,13,16,18,20-21,23H,11-12,14-15H2,1-5H3/t18-,20-,21-,23-/m1/s1. The van der Waals surface area contributed by atoms with Crippen LogP contribution in [0.25, 0.3) is 0 Å². The lowest BCUT2D eigenvalue weighted by Crippen LogP contribution is -2.44. The monoisotopic (exact) mass is 446 g/mol. The Labute approximate surface area is 188 Å². The number of methoxy groups -OCH3 is 1. The molecule has 0 radical (unpaired) electrons. The Morgan fingerprint density at radius 2 is 1.84 bits per heavy atom. The van der Waals surface area contributed by atoms with Crippen molar-refractivity contribution in [3.8, 4) is 0 Å². The van der Waals surface area contributed by atoms with Crippen molar-refractivity contribution in [1.29, 1.82) is 0 Å². The molecule has 1 fully saturated rings. The van der Waals surface area contributed by atoms with Crippen LogP contribution in [0.2, 0.25) is 0 Å². The highest BCUT2D eigenvalue weighted by Gasteiger charge is 2.45. The highest BCUT2D eigenvalue weighted by molar-refractivity contribution is 5.13. The third kappa shape index (κ3) is 5.38. The van der Waals surface area contributed by atoms with E-state index in [0.29, 0.717) is 25.4 Å². The van der Waals surface area contributed by atoms with E-state index in [-0.39, 0.29) is 36.3 Å². The summed E-state index contributed by atoms with van der Waals surface area (Å²) in [7, 11) is 1.62. The summed E-state index contributed by atoms with van der Waals surface area (Å²) < 4.78 is 25.8. The first-order valence-corrected chi connectivity index (χ1v) is 11.1. The molecule has 0 bridgehead atoms. The van der Waals surface area contributed by atoms with Crippen molar-refractivity contribution in [2.45, 2.75) is 59.5 Å². The molecule has 0 N–H and O–H groups in total. The first-order valence-electron chi connectivity index (χ1n) is 11.1. The van der Waals surface area contributed by atoms with E-state index in [1.807, 2.05) is 30.3 Å². The zero-order valence-electron chi connectivity index (χ0n) is 19.5. The molecule has 1 aliphatic heterocycles. The first-order chi connectivity index (χ1) is 15.3. The Balaban J connectivity index is 1.88. The number of nitrogens with zero attached hydrogens (tertiary/aromatic N) is 2. The molecule has 8 nitrogen and oxygen atoms in total.